The summed E-state index contributed by atoms with van der Waals surface area (Å²) in [6, 6.07) is 13.5. The molecule has 3 unspecified atom stereocenters. The van der Waals surface area contributed by atoms with Gasteiger partial charge in [0.05, 0.1) is 12.7 Å². The number of carbonyl (C=O) groups is 3. The summed E-state index contributed by atoms with van der Waals surface area (Å²) in [4.78, 5) is 36.6. The second-order valence-electron chi connectivity index (χ2n) is 7.74. The van der Waals surface area contributed by atoms with Crippen LogP contribution < -0.4 is 10.6 Å². The highest BCUT2D eigenvalue weighted by molar-refractivity contribution is 5.89. The van der Waals surface area contributed by atoms with E-state index in [4.69, 9.17) is 14.2 Å². The third-order valence-electron chi connectivity index (χ3n) is 5.69. The zero-order valence-corrected chi connectivity index (χ0v) is 18.7. The lowest BCUT2D eigenvalue weighted by Crippen LogP contribution is -2.56. The van der Waals surface area contributed by atoms with Gasteiger partial charge in [-0.3, -0.25) is 4.79 Å². The van der Waals surface area contributed by atoms with E-state index in [1.807, 2.05) is 48.5 Å². The molecule has 3 atom stereocenters. The molecule has 0 saturated carbocycles. The average molecular weight is 456 g/mol. The van der Waals surface area contributed by atoms with Crippen molar-refractivity contribution in [3.8, 4) is 11.1 Å². The average Bonchev–Trinajstić information content (AvgIpc) is 3.13. The van der Waals surface area contributed by atoms with Gasteiger partial charge in [0.2, 0.25) is 5.91 Å². The number of amides is 2. The Kier molecular flexibility index (Phi) is 8.02. The smallest absolute Gasteiger partial charge is 0.407 e. The van der Waals surface area contributed by atoms with Gasteiger partial charge in [0.1, 0.15) is 12.6 Å². The Hall–Kier alpha value is -3.43. The maximum absolute atomic E-state index is 12.6. The number of hydrogen-bond donors (Lipinski definition) is 3. The number of methoxy groups -OCH3 is 2. The van der Waals surface area contributed by atoms with Crippen LogP contribution in [-0.2, 0) is 23.8 Å². The molecule has 2 aromatic rings. The lowest BCUT2D eigenvalue weighted by atomic mass is 9.98. The number of carboxylic acid groups (broad SMARTS) is 1. The fourth-order valence-corrected chi connectivity index (χ4v) is 3.90. The van der Waals surface area contributed by atoms with Crippen LogP contribution in [0, 0.1) is 0 Å². The van der Waals surface area contributed by atoms with Crippen molar-refractivity contribution in [1.29, 1.82) is 0 Å². The molecule has 0 saturated heterocycles. The lowest BCUT2D eigenvalue weighted by Gasteiger charge is -2.24. The van der Waals surface area contributed by atoms with Gasteiger partial charge in [-0.1, -0.05) is 48.5 Å². The lowest BCUT2D eigenvalue weighted by molar-refractivity contribution is -0.146. The predicted molar refractivity (Wildman–Crippen MR) is 120 cm³/mol. The molecule has 3 N–H and O–H groups in total. The first kappa shape index (κ1) is 24.2. The quantitative estimate of drug-likeness (QED) is 0.501. The monoisotopic (exact) mass is 456 g/mol. The number of hydrogen-bond acceptors (Lipinski definition) is 6. The van der Waals surface area contributed by atoms with Crippen LogP contribution in [0.3, 0.4) is 0 Å². The first-order valence-corrected chi connectivity index (χ1v) is 10.5. The molecule has 0 spiro atoms. The Labute approximate surface area is 192 Å². The van der Waals surface area contributed by atoms with Crippen LogP contribution in [0.25, 0.3) is 11.1 Å². The molecule has 0 fully saturated rings. The topological polar surface area (TPSA) is 123 Å². The van der Waals surface area contributed by atoms with Gasteiger partial charge in [0.25, 0.3) is 0 Å². The molecular formula is C24H28N2O7. The first-order chi connectivity index (χ1) is 15.9. The maximum atomic E-state index is 12.6. The zero-order valence-electron chi connectivity index (χ0n) is 18.7. The minimum absolute atomic E-state index is 0.0830. The summed E-state index contributed by atoms with van der Waals surface area (Å²) >= 11 is 0. The predicted octanol–water partition coefficient (Wildman–Crippen LogP) is 2.14. The van der Waals surface area contributed by atoms with Crippen molar-refractivity contribution < 1.29 is 33.7 Å². The molecule has 33 heavy (non-hydrogen) atoms. The van der Waals surface area contributed by atoms with Crippen molar-refractivity contribution in [3.63, 3.8) is 0 Å². The van der Waals surface area contributed by atoms with E-state index in [9.17, 15) is 19.5 Å². The summed E-state index contributed by atoms with van der Waals surface area (Å²) in [6.45, 7) is 1.44. The second-order valence-corrected chi connectivity index (χ2v) is 7.74. The Balaban J connectivity index is 1.65. The SMILES string of the molecule is COCC(NC(=O)OCC1c2ccccc2-c2ccccc21)C(=O)NC(C(=O)O)C(C)OC. The highest BCUT2D eigenvalue weighted by Gasteiger charge is 2.32. The molecule has 3 rings (SSSR count). The molecule has 0 bridgehead atoms. The molecule has 0 heterocycles. The van der Waals surface area contributed by atoms with Gasteiger partial charge in [-0.25, -0.2) is 9.59 Å². The van der Waals surface area contributed by atoms with E-state index < -0.39 is 36.2 Å². The van der Waals surface area contributed by atoms with Crippen molar-refractivity contribution in [2.75, 3.05) is 27.4 Å². The van der Waals surface area contributed by atoms with Crippen LogP contribution in [0.5, 0.6) is 0 Å². The number of benzene rings is 2. The summed E-state index contributed by atoms with van der Waals surface area (Å²) in [7, 11) is 2.71. The van der Waals surface area contributed by atoms with Gasteiger partial charge < -0.3 is 30.0 Å². The molecule has 0 radical (unpaired) electrons. The number of carbonyl (C=O) groups excluding carboxylic acids is 2. The van der Waals surface area contributed by atoms with Crippen LogP contribution in [0.1, 0.15) is 24.0 Å². The number of aliphatic carboxylic acids is 1. The first-order valence-electron chi connectivity index (χ1n) is 10.5. The Bertz CT molecular complexity index is 964. The highest BCUT2D eigenvalue weighted by atomic mass is 16.5. The Morgan fingerprint density at radius 2 is 1.55 bits per heavy atom. The second kappa shape index (κ2) is 10.9. The maximum Gasteiger partial charge on any atom is 0.407 e. The fraction of sp³-hybridized carbons (Fsp3) is 0.375. The molecule has 1 aliphatic rings. The van der Waals surface area contributed by atoms with Crippen molar-refractivity contribution in [2.45, 2.75) is 31.0 Å². The highest BCUT2D eigenvalue weighted by Crippen LogP contribution is 2.44. The van der Waals surface area contributed by atoms with Crippen LogP contribution in [0.4, 0.5) is 4.79 Å². The molecule has 1 aliphatic carbocycles. The minimum atomic E-state index is -1.29. The number of nitrogens with one attached hydrogen (secondary N) is 2. The number of rotatable bonds is 10. The number of alkyl carbamates (subject to hydrolysis) is 1. The largest absolute Gasteiger partial charge is 0.480 e. The summed E-state index contributed by atoms with van der Waals surface area (Å²) < 4.78 is 15.5. The third-order valence-corrected chi connectivity index (χ3v) is 5.69. The van der Waals surface area contributed by atoms with Crippen LogP contribution in [0.15, 0.2) is 48.5 Å². The number of ether oxygens (including phenoxy) is 3. The molecule has 0 aliphatic heterocycles. The van der Waals surface area contributed by atoms with Gasteiger partial charge in [-0.2, -0.15) is 0 Å². The van der Waals surface area contributed by atoms with Crippen LogP contribution in [0.2, 0.25) is 0 Å². The standard InChI is InChI=1S/C24H28N2O7/c1-14(32-3)21(23(28)29)26-22(27)20(13-31-2)25-24(30)33-12-19-17-10-6-4-8-15(17)16-9-5-7-11-18(16)19/h4-11,14,19-21H,12-13H2,1-3H3,(H,25,30)(H,26,27)(H,28,29). The van der Waals surface area contributed by atoms with E-state index in [2.05, 4.69) is 10.6 Å². The molecule has 9 heteroatoms. The third kappa shape index (κ3) is 5.50. The minimum Gasteiger partial charge on any atom is -0.480 e. The van der Waals surface area contributed by atoms with Gasteiger partial charge in [0, 0.05) is 20.1 Å². The van der Waals surface area contributed by atoms with E-state index in [1.165, 1.54) is 21.1 Å². The van der Waals surface area contributed by atoms with E-state index in [0.717, 1.165) is 22.3 Å². The fourth-order valence-electron chi connectivity index (χ4n) is 3.90. The van der Waals surface area contributed by atoms with Crippen molar-refractivity contribution >= 4 is 18.0 Å². The number of carboxylic acids is 1. The Morgan fingerprint density at radius 1 is 0.970 bits per heavy atom. The summed E-state index contributed by atoms with van der Waals surface area (Å²) in [6.07, 6.45) is -1.58. The van der Waals surface area contributed by atoms with E-state index in [0.29, 0.717) is 0 Å². The summed E-state index contributed by atoms with van der Waals surface area (Å²) in [5, 5.41) is 14.2. The molecular weight excluding hydrogens is 428 g/mol. The summed E-state index contributed by atoms with van der Waals surface area (Å²) in [5.41, 5.74) is 4.34. The summed E-state index contributed by atoms with van der Waals surface area (Å²) in [5.74, 6) is -2.10. The van der Waals surface area contributed by atoms with Crippen molar-refractivity contribution in [2.24, 2.45) is 0 Å². The molecule has 2 aromatic carbocycles. The molecule has 0 aromatic heterocycles. The Morgan fingerprint density at radius 3 is 2.06 bits per heavy atom. The van der Waals surface area contributed by atoms with Crippen LogP contribution >= 0.6 is 0 Å². The normalized spacial score (nSPS) is 15.0. The van der Waals surface area contributed by atoms with Crippen molar-refractivity contribution in [3.05, 3.63) is 59.7 Å². The molecule has 176 valence electrons. The zero-order chi connectivity index (χ0) is 24.0. The molecule has 9 nitrogen and oxygen atoms in total. The van der Waals surface area contributed by atoms with Gasteiger partial charge in [-0.05, 0) is 29.2 Å². The van der Waals surface area contributed by atoms with Crippen molar-refractivity contribution in [1.82, 2.24) is 10.6 Å². The van der Waals surface area contributed by atoms with E-state index in [1.54, 1.807) is 0 Å². The van der Waals surface area contributed by atoms with E-state index >= 15 is 0 Å². The van der Waals surface area contributed by atoms with E-state index in [-0.39, 0.29) is 19.1 Å². The van der Waals surface area contributed by atoms with Crippen LogP contribution in [-0.4, -0.2) is 68.7 Å². The van der Waals surface area contributed by atoms with Gasteiger partial charge in [-0.15, -0.1) is 0 Å². The number of fused-ring (bicyclic) bond motifs is 3. The van der Waals surface area contributed by atoms with Gasteiger partial charge in [0.15, 0.2) is 6.04 Å². The van der Waals surface area contributed by atoms with Gasteiger partial charge >= 0.3 is 12.1 Å². The molecule has 2 amide bonds.